The topological polar surface area (TPSA) is 9.23 Å². The molecule has 0 N–H and O–H groups in total. The summed E-state index contributed by atoms with van der Waals surface area (Å²) in [6.07, 6.45) is 3.32. The van der Waals surface area contributed by atoms with Crippen LogP contribution in [0.4, 0.5) is 8.78 Å². The molecule has 0 bridgehead atoms. The lowest BCUT2D eigenvalue weighted by Gasteiger charge is -2.23. The minimum atomic E-state index is -0.422. The van der Waals surface area contributed by atoms with Crippen molar-refractivity contribution in [3.8, 4) is 0 Å². The van der Waals surface area contributed by atoms with Gasteiger partial charge >= 0.3 is 0 Å². The lowest BCUT2D eigenvalue weighted by molar-refractivity contribution is 0.148. The first-order chi connectivity index (χ1) is 7.04. The molecule has 1 aliphatic rings. The van der Waals surface area contributed by atoms with E-state index in [0.29, 0.717) is 24.5 Å². The van der Waals surface area contributed by atoms with Crippen LogP contribution in [-0.2, 0) is 4.74 Å². The molecule has 0 spiro atoms. The molecule has 0 amide bonds. The second-order valence-electron chi connectivity index (χ2n) is 3.84. The number of hydrogen-bond donors (Lipinski definition) is 0. The molecule has 0 aromatic heterocycles. The highest BCUT2D eigenvalue weighted by molar-refractivity contribution is 5.34. The Morgan fingerprint density at radius 1 is 1.47 bits per heavy atom. The van der Waals surface area contributed by atoms with Crippen LogP contribution < -0.4 is 0 Å². The zero-order chi connectivity index (χ0) is 11.4. The van der Waals surface area contributed by atoms with Crippen LogP contribution in [-0.4, -0.2) is 6.61 Å². The summed E-state index contributed by atoms with van der Waals surface area (Å²) in [5.74, 6) is -0.268. The monoisotopic (exact) mass is 214 g/mol. The molecule has 3 heteroatoms. The van der Waals surface area contributed by atoms with Gasteiger partial charge in [-0.05, 0) is 38.3 Å². The Kier molecular flexibility index (Phi) is 4.06. The quantitative estimate of drug-likeness (QED) is 0.674. The highest BCUT2D eigenvalue weighted by Crippen LogP contribution is 2.30. The van der Waals surface area contributed by atoms with Gasteiger partial charge < -0.3 is 4.74 Å². The fraction of sp³-hybridized carbons (Fsp3) is 0.500. The van der Waals surface area contributed by atoms with Gasteiger partial charge in [-0.1, -0.05) is 6.92 Å². The summed E-state index contributed by atoms with van der Waals surface area (Å²) in [5, 5.41) is 0. The van der Waals surface area contributed by atoms with Crippen molar-refractivity contribution in [1.82, 2.24) is 0 Å². The van der Waals surface area contributed by atoms with Gasteiger partial charge in [0.1, 0.15) is 0 Å². The van der Waals surface area contributed by atoms with Crippen LogP contribution in [0.2, 0.25) is 0 Å². The molecule has 0 aliphatic carbocycles. The first-order valence-corrected chi connectivity index (χ1v) is 5.06. The normalized spacial score (nSPS) is 24.2. The fourth-order valence-corrected chi connectivity index (χ4v) is 1.56. The summed E-state index contributed by atoms with van der Waals surface area (Å²) in [6, 6.07) is 0. The molecule has 0 aromatic carbocycles. The first kappa shape index (κ1) is 12.0. The van der Waals surface area contributed by atoms with Gasteiger partial charge in [-0.15, -0.1) is 0 Å². The highest BCUT2D eigenvalue weighted by atomic mass is 19.1. The van der Waals surface area contributed by atoms with Crippen LogP contribution in [0.3, 0.4) is 0 Å². The van der Waals surface area contributed by atoms with E-state index in [4.69, 9.17) is 4.74 Å². The van der Waals surface area contributed by atoms with Gasteiger partial charge in [0.2, 0.25) is 0 Å². The molecule has 0 saturated carbocycles. The second-order valence-corrected chi connectivity index (χ2v) is 3.84. The SMILES string of the molecule is C/C=C(\F)C1=C(/C=C(\C)F)CC(C)CO1. The van der Waals surface area contributed by atoms with Crippen LogP contribution in [0.5, 0.6) is 0 Å². The van der Waals surface area contributed by atoms with E-state index in [1.165, 1.54) is 19.1 Å². The van der Waals surface area contributed by atoms with Gasteiger partial charge in [-0.2, -0.15) is 0 Å². The fourth-order valence-electron chi connectivity index (χ4n) is 1.56. The minimum Gasteiger partial charge on any atom is -0.490 e. The molecule has 0 aromatic rings. The Bertz CT molecular complexity index is 323. The summed E-state index contributed by atoms with van der Waals surface area (Å²) in [7, 11) is 0. The van der Waals surface area contributed by atoms with Crippen molar-refractivity contribution in [2.45, 2.75) is 27.2 Å². The predicted molar refractivity (Wildman–Crippen MR) is 56.5 cm³/mol. The summed E-state index contributed by atoms with van der Waals surface area (Å²) in [6.45, 7) is 5.41. The third-order valence-electron chi connectivity index (χ3n) is 2.22. The smallest absolute Gasteiger partial charge is 0.161 e. The lowest BCUT2D eigenvalue weighted by Crippen LogP contribution is -2.15. The van der Waals surface area contributed by atoms with E-state index in [9.17, 15) is 8.78 Å². The molecule has 15 heavy (non-hydrogen) atoms. The van der Waals surface area contributed by atoms with Gasteiger partial charge in [0.25, 0.3) is 0 Å². The third-order valence-corrected chi connectivity index (χ3v) is 2.22. The summed E-state index contributed by atoms with van der Waals surface area (Å²) in [4.78, 5) is 0. The maximum absolute atomic E-state index is 13.4. The Balaban J connectivity index is 3.07. The predicted octanol–water partition coefficient (Wildman–Crippen LogP) is 4.04. The van der Waals surface area contributed by atoms with Gasteiger partial charge in [0.05, 0.1) is 12.4 Å². The van der Waals surface area contributed by atoms with Crippen LogP contribution in [0, 0.1) is 5.92 Å². The van der Waals surface area contributed by atoms with Crippen molar-refractivity contribution >= 4 is 0 Å². The van der Waals surface area contributed by atoms with Crippen molar-refractivity contribution < 1.29 is 13.5 Å². The summed E-state index contributed by atoms with van der Waals surface area (Å²) >= 11 is 0. The highest BCUT2D eigenvalue weighted by Gasteiger charge is 2.20. The van der Waals surface area contributed by atoms with Crippen LogP contribution in [0.25, 0.3) is 0 Å². The van der Waals surface area contributed by atoms with Gasteiger partial charge in [0.15, 0.2) is 11.6 Å². The molecule has 84 valence electrons. The van der Waals surface area contributed by atoms with Gasteiger partial charge in [-0.25, -0.2) is 8.78 Å². The van der Waals surface area contributed by atoms with Crippen molar-refractivity contribution in [1.29, 1.82) is 0 Å². The lowest BCUT2D eigenvalue weighted by atomic mass is 9.97. The van der Waals surface area contributed by atoms with E-state index in [1.54, 1.807) is 6.92 Å². The third kappa shape index (κ3) is 3.18. The van der Waals surface area contributed by atoms with E-state index >= 15 is 0 Å². The Morgan fingerprint density at radius 2 is 2.13 bits per heavy atom. The molecular weight excluding hydrogens is 198 g/mol. The van der Waals surface area contributed by atoms with Gasteiger partial charge in [0, 0.05) is 5.57 Å². The van der Waals surface area contributed by atoms with E-state index < -0.39 is 5.83 Å². The maximum Gasteiger partial charge on any atom is 0.161 e. The molecule has 0 saturated heterocycles. The largest absolute Gasteiger partial charge is 0.490 e. The molecule has 1 rings (SSSR count). The Labute approximate surface area is 89.1 Å². The minimum absolute atomic E-state index is 0.188. The first-order valence-electron chi connectivity index (χ1n) is 5.06. The number of hydrogen-bond acceptors (Lipinski definition) is 1. The number of ether oxygens (including phenoxy) is 1. The number of allylic oxidation sites excluding steroid dienone is 5. The molecule has 1 nitrogen and oxygen atoms in total. The maximum atomic E-state index is 13.4. The van der Waals surface area contributed by atoms with Crippen LogP contribution in [0.1, 0.15) is 27.2 Å². The van der Waals surface area contributed by atoms with E-state index in [2.05, 4.69) is 0 Å². The van der Waals surface area contributed by atoms with Crippen molar-refractivity contribution in [3.05, 3.63) is 35.1 Å². The van der Waals surface area contributed by atoms with Crippen molar-refractivity contribution in [3.63, 3.8) is 0 Å². The Morgan fingerprint density at radius 3 is 2.67 bits per heavy atom. The molecule has 1 heterocycles. The second kappa shape index (κ2) is 5.10. The summed E-state index contributed by atoms with van der Waals surface area (Å²) in [5.41, 5.74) is 0.601. The van der Waals surface area contributed by atoms with Crippen molar-refractivity contribution in [2.24, 2.45) is 5.92 Å². The standard InChI is InChI=1S/C12H16F2O/c1-4-11(14)12-10(6-9(3)13)5-8(2)7-15-12/h4,6,8H,5,7H2,1-3H3/b9-6+,11-4-. The molecule has 1 aliphatic heterocycles. The van der Waals surface area contributed by atoms with E-state index in [-0.39, 0.29) is 11.6 Å². The van der Waals surface area contributed by atoms with E-state index in [1.807, 2.05) is 6.92 Å². The average molecular weight is 214 g/mol. The van der Waals surface area contributed by atoms with Crippen LogP contribution in [0.15, 0.2) is 35.1 Å². The molecule has 0 fully saturated rings. The summed E-state index contributed by atoms with van der Waals surface area (Å²) < 4.78 is 31.4. The van der Waals surface area contributed by atoms with Crippen LogP contribution >= 0.6 is 0 Å². The molecular formula is C12H16F2O. The Hall–Kier alpha value is -1.12. The number of halogens is 2. The van der Waals surface area contributed by atoms with Gasteiger partial charge in [-0.3, -0.25) is 0 Å². The number of rotatable bonds is 2. The molecule has 1 unspecified atom stereocenters. The molecule has 1 atom stereocenters. The van der Waals surface area contributed by atoms with Crippen molar-refractivity contribution in [2.75, 3.05) is 6.61 Å². The molecule has 0 radical (unpaired) electrons. The zero-order valence-electron chi connectivity index (χ0n) is 9.31. The van der Waals surface area contributed by atoms with E-state index in [0.717, 1.165) is 0 Å². The average Bonchev–Trinajstić information content (AvgIpc) is 2.16. The zero-order valence-corrected chi connectivity index (χ0v) is 9.31.